The number of amidine groups is 1. The Morgan fingerprint density at radius 1 is 1.35 bits per heavy atom. The van der Waals surface area contributed by atoms with Crippen molar-refractivity contribution in [1.29, 1.82) is 0 Å². The standard InChI is InChI=1S/C13H15BN4O2/c1-9-12-13(20)17(14-16(2)3)11(19)8-18(12)7-5-4-6-10(18)15-9/h4-7H,8H2,1-3H3/q+1. The van der Waals surface area contributed by atoms with E-state index < -0.39 is 0 Å². The molecule has 1 atom stereocenters. The molecule has 0 bridgehead atoms. The summed E-state index contributed by atoms with van der Waals surface area (Å²) in [6.07, 6.45) is 7.42. The first-order chi connectivity index (χ1) is 9.45. The van der Waals surface area contributed by atoms with Crippen molar-refractivity contribution in [3.05, 3.63) is 35.8 Å². The number of carbonyl (C=O) groups is 2. The van der Waals surface area contributed by atoms with E-state index in [4.69, 9.17) is 0 Å². The lowest BCUT2D eigenvalue weighted by molar-refractivity contribution is -0.732. The molecule has 7 heteroatoms. The molecule has 1 unspecified atom stereocenters. The van der Waals surface area contributed by atoms with Gasteiger partial charge in [0.1, 0.15) is 11.9 Å². The molecule has 0 saturated carbocycles. The Morgan fingerprint density at radius 2 is 2.10 bits per heavy atom. The normalized spacial score (nSPS) is 28.0. The highest BCUT2D eigenvalue weighted by atomic mass is 16.2. The van der Waals surface area contributed by atoms with E-state index in [-0.39, 0.29) is 22.8 Å². The van der Waals surface area contributed by atoms with Crippen molar-refractivity contribution < 1.29 is 14.1 Å². The van der Waals surface area contributed by atoms with Gasteiger partial charge in [0.25, 0.3) is 5.91 Å². The number of imide groups is 1. The Labute approximate surface area is 118 Å². The largest absolute Gasteiger partial charge is 0.363 e. The molecule has 0 aromatic rings. The Bertz CT molecular complexity index is 632. The number of hydrogen-bond acceptors (Lipinski definition) is 4. The SMILES string of the molecule is CC1=C2C(=O)N([B]N(C)C)C(=O)C[N+]23C=CC=CC3=N1. The molecule has 2 amide bonds. The van der Waals surface area contributed by atoms with Crippen LogP contribution < -0.4 is 0 Å². The van der Waals surface area contributed by atoms with Crippen LogP contribution in [0.3, 0.4) is 0 Å². The lowest BCUT2D eigenvalue weighted by Crippen LogP contribution is -2.63. The van der Waals surface area contributed by atoms with E-state index in [1.807, 2.05) is 31.4 Å². The van der Waals surface area contributed by atoms with Crippen molar-refractivity contribution in [2.45, 2.75) is 6.92 Å². The van der Waals surface area contributed by atoms with Gasteiger partial charge in [-0.15, -0.1) is 0 Å². The zero-order valence-corrected chi connectivity index (χ0v) is 11.7. The highest BCUT2D eigenvalue weighted by Crippen LogP contribution is 2.37. The van der Waals surface area contributed by atoms with Crippen LogP contribution in [0.1, 0.15) is 6.92 Å². The van der Waals surface area contributed by atoms with Crippen LogP contribution >= 0.6 is 0 Å². The monoisotopic (exact) mass is 270 g/mol. The van der Waals surface area contributed by atoms with Gasteiger partial charge < -0.3 is 9.62 Å². The minimum absolute atomic E-state index is 0.123. The van der Waals surface area contributed by atoms with Crippen LogP contribution in [0.15, 0.2) is 40.8 Å². The molecular formula is C13H15BN4O2+. The van der Waals surface area contributed by atoms with Crippen LogP contribution in [-0.2, 0) is 9.59 Å². The molecule has 1 fully saturated rings. The first kappa shape index (κ1) is 13.0. The third kappa shape index (κ3) is 1.63. The van der Waals surface area contributed by atoms with Crippen molar-refractivity contribution in [2.24, 2.45) is 4.99 Å². The topological polar surface area (TPSA) is 53.0 Å². The second-order valence-electron chi connectivity index (χ2n) is 5.28. The fourth-order valence-corrected chi connectivity index (χ4v) is 2.78. The summed E-state index contributed by atoms with van der Waals surface area (Å²) in [5.74, 6) is 0.201. The maximum Gasteiger partial charge on any atom is 0.363 e. The predicted molar refractivity (Wildman–Crippen MR) is 74.8 cm³/mol. The molecule has 0 aliphatic carbocycles. The van der Waals surface area contributed by atoms with Crippen LogP contribution in [0.4, 0.5) is 0 Å². The molecule has 3 rings (SSSR count). The van der Waals surface area contributed by atoms with E-state index in [2.05, 4.69) is 4.99 Å². The van der Waals surface area contributed by atoms with Crippen LogP contribution in [0.25, 0.3) is 0 Å². The van der Waals surface area contributed by atoms with E-state index in [9.17, 15) is 9.59 Å². The summed E-state index contributed by atoms with van der Waals surface area (Å²) in [4.78, 5) is 32.3. The molecule has 0 N–H and O–H groups in total. The molecule has 6 nitrogen and oxygen atoms in total. The Morgan fingerprint density at radius 3 is 2.80 bits per heavy atom. The molecule has 1 radical (unpaired) electrons. The fraction of sp³-hybridized carbons (Fsp3) is 0.308. The maximum atomic E-state index is 12.7. The van der Waals surface area contributed by atoms with Gasteiger partial charge in [-0.05, 0) is 33.2 Å². The minimum atomic E-state index is -0.300. The Balaban J connectivity index is 2.06. The van der Waals surface area contributed by atoms with Crippen LogP contribution in [0.5, 0.6) is 0 Å². The number of hydrogen-bond donors (Lipinski definition) is 0. The Kier molecular flexibility index (Phi) is 2.77. The summed E-state index contributed by atoms with van der Waals surface area (Å²) in [6, 6.07) is 0. The van der Waals surface area contributed by atoms with Gasteiger partial charge in [-0.2, -0.15) is 4.99 Å². The molecule has 3 aliphatic rings. The highest BCUT2D eigenvalue weighted by molar-refractivity contribution is 6.42. The quantitative estimate of drug-likeness (QED) is 0.403. The van der Waals surface area contributed by atoms with Crippen LogP contribution in [0.2, 0.25) is 0 Å². The average Bonchev–Trinajstić information content (AvgIpc) is 2.66. The van der Waals surface area contributed by atoms with E-state index in [1.54, 1.807) is 18.9 Å². The lowest BCUT2D eigenvalue weighted by Gasteiger charge is -2.39. The van der Waals surface area contributed by atoms with Gasteiger partial charge in [0, 0.05) is 6.08 Å². The van der Waals surface area contributed by atoms with Crippen molar-refractivity contribution in [3.8, 4) is 0 Å². The van der Waals surface area contributed by atoms with E-state index in [1.165, 1.54) is 12.4 Å². The molecule has 20 heavy (non-hydrogen) atoms. The Hall–Kier alpha value is -1.99. The van der Waals surface area contributed by atoms with E-state index >= 15 is 0 Å². The van der Waals surface area contributed by atoms with E-state index in [0.717, 1.165) is 5.84 Å². The molecule has 0 aromatic heterocycles. The summed E-state index contributed by atoms with van der Waals surface area (Å²) >= 11 is 0. The fourth-order valence-electron chi connectivity index (χ4n) is 2.78. The molecule has 0 aromatic carbocycles. The summed E-state index contributed by atoms with van der Waals surface area (Å²) in [5, 5.41) is 0. The summed E-state index contributed by atoms with van der Waals surface area (Å²) < 4.78 is 0.123. The van der Waals surface area contributed by atoms with Crippen LogP contribution in [0, 0.1) is 0 Å². The molecule has 3 heterocycles. The second-order valence-corrected chi connectivity index (χ2v) is 5.28. The van der Waals surface area contributed by atoms with Gasteiger partial charge in [0.2, 0.25) is 11.5 Å². The second kappa shape index (κ2) is 4.26. The number of amides is 2. The van der Waals surface area contributed by atoms with Gasteiger partial charge in [0.15, 0.2) is 6.54 Å². The van der Waals surface area contributed by atoms with Gasteiger partial charge in [0.05, 0.1) is 0 Å². The summed E-state index contributed by atoms with van der Waals surface area (Å²) in [6.45, 7) is 1.99. The number of carbonyl (C=O) groups excluding carboxylic acids is 2. The first-order valence-electron chi connectivity index (χ1n) is 6.38. The smallest absolute Gasteiger partial charge is 0.332 e. The number of rotatable bonds is 2. The van der Waals surface area contributed by atoms with Gasteiger partial charge in [-0.25, -0.2) is 4.48 Å². The predicted octanol–water partition coefficient (Wildman–Crippen LogP) is -0.00510. The maximum absolute atomic E-state index is 12.7. The molecular weight excluding hydrogens is 255 g/mol. The summed E-state index contributed by atoms with van der Waals surface area (Å²) in [5.41, 5.74) is 1.23. The number of allylic oxidation sites excluding steroid dienone is 3. The van der Waals surface area contributed by atoms with Crippen molar-refractivity contribution in [2.75, 3.05) is 20.6 Å². The van der Waals surface area contributed by atoms with Crippen molar-refractivity contribution in [1.82, 2.24) is 9.62 Å². The number of quaternary nitrogens is 1. The molecule has 1 spiro atoms. The number of nitrogens with zero attached hydrogens (tertiary/aromatic N) is 4. The third-order valence-corrected chi connectivity index (χ3v) is 3.55. The minimum Gasteiger partial charge on any atom is -0.332 e. The summed E-state index contributed by atoms with van der Waals surface area (Å²) in [7, 11) is 5.07. The molecule has 1 saturated heterocycles. The highest BCUT2D eigenvalue weighted by Gasteiger charge is 2.55. The first-order valence-corrected chi connectivity index (χ1v) is 6.38. The third-order valence-electron chi connectivity index (χ3n) is 3.55. The zero-order valence-electron chi connectivity index (χ0n) is 11.7. The average molecular weight is 270 g/mol. The van der Waals surface area contributed by atoms with Crippen LogP contribution in [-0.4, -0.2) is 59.9 Å². The van der Waals surface area contributed by atoms with Crippen molar-refractivity contribution >= 4 is 25.2 Å². The van der Waals surface area contributed by atoms with Crippen molar-refractivity contribution in [3.63, 3.8) is 0 Å². The number of aliphatic imine (C=N–C) groups is 1. The van der Waals surface area contributed by atoms with E-state index in [0.29, 0.717) is 11.4 Å². The zero-order chi connectivity index (χ0) is 14.5. The van der Waals surface area contributed by atoms with Gasteiger partial charge >= 0.3 is 13.5 Å². The van der Waals surface area contributed by atoms with Gasteiger partial charge in [-0.1, -0.05) is 0 Å². The molecule has 101 valence electrons. The molecule has 3 aliphatic heterocycles. The van der Waals surface area contributed by atoms with Gasteiger partial charge in [-0.3, -0.25) is 9.59 Å². The number of piperazine rings is 1. The lowest BCUT2D eigenvalue weighted by atomic mass is 9.99.